The average molecular weight is 431 g/mol. The minimum atomic E-state index is -0.247. The van der Waals surface area contributed by atoms with Gasteiger partial charge in [-0.2, -0.15) is 0 Å². The third-order valence-electron chi connectivity index (χ3n) is 5.43. The lowest BCUT2D eigenvalue weighted by atomic mass is 10.1. The molecule has 2 N–H and O–H groups in total. The summed E-state index contributed by atoms with van der Waals surface area (Å²) in [7, 11) is 1.65. The molecule has 6 heteroatoms. The molecule has 0 aliphatic heterocycles. The summed E-state index contributed by atoms with van der Waals surface area (Å²) in [5.41, 5.74) is 3.21. The first-order chi connectivity index (χ1) is 15.6. The molecule has 0 amide bonds. The van der Waals surface area contributed by atoms with E-state index in [9.17, 15) is 10.2 Å². The Bertz CT molecular complexity index is 1120. The number of nitrogens with zero attached hydrogens (tertiary/aromatic N) is 2. The van der Waals surface area contributed by atoms with E-state index < -0.39 is 0 Å². The number of aromatic nitrogens is 2. The number of pyridine rings is 1. The van der Waals surface area contributed by atoms with Crippen molar-refractivity contribution in [1.82, 2.24) is 9.55 Å². The SMILES string of the molecule is COc1cccc(-c2ccc(OCC(CCc3cccnc3)n3c(O)ccc3O)cc2)c1. The van der Waals surface area contributed by atoms with Crippen LogP contribution in [0.1, 0.15) is 18.0 Å². The lowest BCUT2D eigenvalue weighted by molar-refractivity contribution is 0.217. The van der Waals surface area contributed by atoms with Crippen LogP contribution < -0.4 is 9.47 Å². The largest absolute Gasteiger partial charge is 0.497 e. The lowest BCUT2D eigenvalue weighted by Crippen LogP contribution is -2.18. The van der Waals surface area contributed by atoms with E-state index in [4.69, 9.17) is 9.47 Å². The van der Waals surface area contributed by atoms with Crippen molar-refractivity contribution in [2.75, 3.05) is 13.7 Å². The number of aromatic hydroxyl groups is 2. The van der Waals surface area contributed by atoms with Gasteiger partial charge in [0.05, 0.1) is 13.2 Å². The predicted molar refractivity (Wildman–Crippen MR) is 123 cm³/mol. The van der Waals surface area contributed by atoms with Crippen LogP contribution >= 0.6 is 0 Å². The van der Waals surface area contributed by atoms with Crippen molar-refractivity contribution >= 4 is 0 Å². The van der Waals surface area contributed by atoms with Crippen molar-refractivity contribution in [1.29, 1.82) is 0 Å². The number of methoxy groups -OCH3 is 1. The van der Waals surface area contributed by atoms with Crippen molar-refractivity contribution < 1.29 is 19.7 Å². The summed E-state index contributed by atoms with van der Waals surface area (Å²) in [4.78, 5) is 4.15. The molecule has 0 bridgehead atoms. The summed E-state index contributed by atoms with van der Waals surface area (Å²) in [6, 6.07) is 22.4. The van der Waals surface area contributed by atoms with Crippen LogP contribution in [0.4, 0.5) is 0 Å². The zero-order chi connectivity index (χ0) is 22.3. The maximum Gasteiger partial charge on any atom is 0.194 e. The highest BCUT2D eigenvalue weighted by atomic mass is 16.5. The summed E-state index contributed by atoms with van der Waals surface area (Å²) in [5.74, 6) is 1.55. The Morgan fingerprint density at radius 2 is 1.66 bits per heavy atom. The number of hydrogen-bond donors (Lipinski definition) is 2. The minimum absolute atomic E-state index is 0.00987. The highest BCUT2D eigenvalue weighted by Crippen LogP contribution is 2.31. The molecule has 2 aromatic heterocycles. The number of ether oxygens (including phenoxy) is 2. The summed E-state index contributed by atoms with van der Waals surface area (Å²) in [6.07, 6.45) is 4.98. The molecular formula is C26H26N2O4. The van der Waals surface area contributed by atoms with E-state index in [1.165, 1.54) is 16.7 Å². The van der Waals surface area contributed by atoms with Crippen molar-refractivity contribution in [2.45, 2.75) is 18.9 Å². The maximum atomic E-state index is 10.2. The lowest BCUT2D eigenvalue weighted by Gasteiger charge is -2.21. The van der Waals surface area contributed by atoms with Crippen molar-refractivity contribution in [3.05, 3.63) is 90.8 Å². The van der Waals surface area contributed by atoms with E-state index in [0.717, 1.165) is 28.9 Å². The Kier molecular flexibility index (Phi) is 6.60. The second kappa shape index (κ2) is 9.92. The molecule has 0 spiro atoms. The summed E-state index contributed by atoms with van der Waals surface area (Å²) in [6.45, 7) is 0.300. The second-order valence-electron chi connectivity index (χ2n) is 7.54. The van der Waals surface area contributed by atoms with E-state index in [-0.39, 0.29) is 17.8 Å². The topological polar surface area (TPSA) is 76.7 Å². The third-order valence-corrected chi connectivity index (χ3v) is 5.43. The fourth-order valence-corrected chi connectivity index (χ4v) is 3.71. The smallest absolute Gasteiger partial charge is 0.194 e. The molecule has 6 nitrogen and oxygen atoms in total. The van der Waals surface area contributed by atoms with Gasteiger partial charge in [0.2, 0.25) is 0 Å². The van der Waals surface area contributed by atoms with Gasteiger partial charge in [0.15, 0.2) is 11.8 Å². The summed E-state index contributed by atoms with van der Waals surface area (Å²) >= 11 is 0. The third kappa shape index (κ3) is 5.03. The number of aryl methyl sites for hydroxylation is 1. The molecule has 0 aliphatic carbocycles. The van der Waals surface area contributed by atoms with E-state index >= 15 is 0 Å². The van der Waals surface area contributed by atoms with Crippen molar-refractivity contribution in [3.8, 4) is 34.4 Å². The van der Waals surface area contributed by atoms with Crippen molar-refractivity contribution in [3.63, 3.8) is 0 Å². The fourth-order valence-electron chi connectivity index (χ4n) is 3.71. The highest BCUT2D eigenvalue weighted by Gasteiger charge is 2.19. The first kappa shape index (κ1) is 21.3. The van der Waals surface area contributed by atoms with Gasteiger partial charge in [-0.05, 0) is 59.9 Å². The van der Waals surface area contributed by atoms with Gasteiger partial charge in [0, 0.05) is 24.5 Å². The van der Waals surface area contributed by atoms with Gasteiger partial charge in [-0.15, -0.1) is 0 Å². The molecule has 0 saturated carbocycles. The minimum Gasteiger partial charge on any atom is -0.497 e. The normalized spacial score (nSPS) is 11.8. The molecule has 0 aliphatic rings. The zero-order valence-corrected chi connectivity index (χ0v) is 17.9. The molecule has 0 fully saturated rings. The molecule has 4 aromatic rings. The first-order valence-corrected chi connectivity index (χ1v) is 10.5. The van der Waals surface area contributed by atoms with Crippen LogP contribution in [0.2, 0.25) is 0 Å². The predicted octanol–water partition coefficient (Wildman–Crippen LogP) is 5.22. The molecular weight excluding hydrogens is 404 g/mol. The average Bonchev–Trinajstić information content (AvgIpc) is 3.18. The summed E-state index contributed by atoms with van der Waals surface area (Å²) in [5, 5.41) is 20.5. The van der Waals surface area contributed by atoms with Gasteiger partial charge >= 0.3 is 0 Å². The Labute approximate surface area is 187 Å². The molecule has 0 radical (unpaired) electrons. The van der Waals surface area contributed by atoms with Gasteiger partial charge in [-0.3, -0.25) is 9.55 Å². The molecule has 164 valence electrons. The second-order valence-corrected chi connectivity index (χ2v) is 7.54. The fraction of sp³-hybridized carbons (Fsp3) is 0.192. The number of hydrogen-bond acceptors (Lipinski definition) is 5. The van der Waals surface area contributed by atoms with Crippen molar-refractivity contribution in [2.24, 2.45) is 0 Å². The summed E-state index contributed by atoms with van der Waals surface area (Å²) < 4.78 is 12.8. The molecule has 1 atom stereocenters. The Balaban J connectivity index is 1.46. The molecule has 2 aromatic carbocycles. The maximum absolute atomic E-state index is 10.2. The standard InChI is InChI=1S/C26H26N2O4/c1-31-24-6-2-5-21(16-24)20-8-11-23(12-9-20)32-18-22(28-25(29)13-14-26(28)30)10-7-19-4-3-15-27-17-19/h2-6,8-9,11-17,22,29-30H,7,10,18H2,1H3. The molecule has 2 heterocycles. The Morgan fingerprint density at radius 1 is 0.875 bits per heavy atom. The quantitative estimate of drug-likeness (QED) is 0.381. The van der Waals surface area contributed by atoms with Gasteiger partial charge < -0.3 is 19.7 Å². The Morgan fingerprint density at radius 3 is 2.34 bits per heavy atom. The van der Waals surface area contributed by atoms with Gasteiger partial charge in [0.1, 0.15) is 18.1 Å². The van der Waals surface area contributed by atoms with Crippen LogP contribution in [-0.2, 0) is 6.42 Å². The van der Waals surface area contributed by atoms with Crippen LogP contribution in [0, 0.1) is 0 Å². The Hall–Kier alpha value is -3.93. The van der Waals surface area contributed by atoms with Crippen LogP contribution in [0.5, 0.6) is 23.3 Å². The van der Waals surface area contributed by atoms with E-state index in [0.29, 0.717) is 18.8 Å². The number of benzene rings is 2. The molecule has 32 heavy (non-hydrogen) atoms. The zero-order valence-electron chi connectivity index (χ0n) is 17.9. The van der Waals surface area contributed by atoms with Gasteiger partial charge in [-0.25, -0.2) is 0 Å². The van der Waals surface area contributed by atoms with E-state index in [2.05, 4.69) is 4.98 Å². The molecule has 4 rings (SSSR count). The van der Waals surface area contributed by atoms with Crippen LogP contribution in [0.15, 0.2) is 85.2 Å². The molecule has 1 unspecified atom stereocenters. The number of rotatable bonds is 9. The van der Waals surface area contributed by atoms with E-state index in [1.807, 2.05) is 66.9 Å². The van der Waals surface area contributed by atoms with Gasteiger partial charge in [0.25, 0.3) is 0 Å². The van der Waals surface area contributed by atoms with E-state index in [1.54, 1.807) is 13.3 Å². The van der Waals surface area contributed by atoms with Crippen LogP contribution in [-0.4, -0.2) is 33.5 Å². The van der Waals surface area contributed by atoms with Crippen LogP contribution in [0.25, 0.3) is 11.1 Å². The first-order valence-electron chi connectivity index (χ1n) is 10.5. The van der Waals surface area contributed by atoms with Crippen LogP contribution in [0.3, 0.4) is 0 Å². The van der Waals surface area contributed by atoms with Gasteiger partial charge in [-0.1, -0.05) is 30.3 Å². The monoisotopic (exact) mass is 430 g/mol. The highest BCUT2D eigenvalue weighted by molar-refractivity contribution is 5.65. The molecule has 0 saturated heterocycles.